The molecule has 3 aromatic rings. The topological polar surface area (TPSA) is 114 Å². The number of amides is 1. The fraction of sp³-hybridized carbons (Fsp3) is 0.548. The van der Waals surface area contributed by atoms with Crippen molar-refractivity contribution in [2.45, 2.75) is 94.6 Å². The summed E-state index contributed by atoms with van der Waals surface area (Å²) in [5.74, 6) is 1.09. The van der Waals surface area contributed by atoms with Crippen LogP contribution in [0, 0.1) is 0 Å². The maximum atomic E-state index is 13.0. The number of aromatic nitrogens is 4. The fourth-order valence-corrected chi connectivity index (χ4v) is 6.51. The van der Waals surface area contributed by atoms with E-state index in [0.29, 0.717) is 49.3 Å². The normalized spacial score (nSPS) is 22.5. The second kappa shape index (κ2) is 12.5. The predicted octanol–water partition coefficient (Wildman–Crippen LogP) is 5.76. The largest absolute Gasteiger partial charge is 0.416 e. The quantitative estimate of drug-likeness (QED) is 0.297. The first-order chi connectivity index (χ1) is 20.7. The van der Waals surface area contributed by atoms with Crippen molar-refractivity contribution >= 4 is 34.9 Å². The molecule has 3 fully saturated rings. The summed E-state index contributed by atoms with van der Waals surface area (Å²) in [6, 6.07) is 5.99. The molecule has 4 N–H and O–H groups in total. The lowest BCUT2D eigenvalue weighted by Gasteiger charge is -2.32. The van der Waals surface area contributed by atoms with Crippen molar-refractivity contribution in [2.24, 2.45) is 5.73 Å². The maximum absolute atomic E-state index is 13.0. The van der Waals surface area contributed by atoms with Gasteiger partial charge in [-0.1, -0.05) is 25.0 Å². The van der Waals surface area contributed by atoms with Crippen LogP contribution in [0.2, 0.25) is 0 Å². The van der Waals surface area contributed by atoms with E-state index in [9.17, 15) is 18.0 Å². The summed E-state index contributed by atoms with van der Waals surface area (Å²) in [7, 11) is 0. The van der Waals surface area contributed by atoms with Gasteiger partial charge in [-0.15, -0.1) is 0 Å². The number of alkyl halides is 3. The summed E-state index contributed by atoms with van der Waals surface area (Å²) < 4.78 is 41.3. The van der Waals surface area contributed by atoms with Gasteiger partial charge >= 0.3 is 6.18 Å². The van der Waals surface area contributed by atoms with E-state index in [1.54, 1.807) is 11.0 Å². The lowest BCUT2D eigenvalue weighted by Crippen LogP contribution is -2.41. The number of hydrogen-bond donors (Lipinski definition) is 3. The lowest BCUT2D eigenvalue weighted by atomic mass is 9.92. The summed E-state index contributed by atoms with van der Waals surface area (Å²) >= 11 is 0. The monoisotopic (exact) mass is 596 g/mol. The molecule has 2 aliphatic carbocycles. The van der Waals surface area contributed by atoms with E-state index in [1.165, 1.54) is 31.1 Å². The first-order valence-electron chi connectivity index (χ1n) is 15.4. The van der Waals surface area contributed by atoms with Gasteiger partial charge in [0.25, 0.3) is 0 Å². The Labute approximate surface area is 249 Å². The molecule has 0 atom stereocenters. The van der Waals surface area contributed by atoms with Crippen LogP contribution in [0.1, 0.15) is 81.4 Å². The van der Waals surface area contributed by atoms with Crippen LogP contribution in [0.15, 0.2) is 36.7 Å². The Hall–Kier alpha value is -3.67. The van der Waals surface area contributed by atoms with Crippen LogP contribution in [0.5, 0.6) is 0 Å². The number of likely N-dealkylation sites (tertiary alicyclic amines) is 1. The number of nitrogens with zero attached hydrogens (tertiary/aromatic N) is 5. The number of carbonyl (C=O) groups excluding carboxylic acids is 1. The molecule has 3 aliphatic rings. The van der Waals surface area contributed by atoms with Gasteiger partial charge in [0.2, 0.25) is 11.9 Å². The molecule has 43 heavy (non-hydrogen) atoms. The molecule has 2 aromatic heterocycles. The molecule has 1 aliphatic heterocycles. The van der Waals surface area contributed by atoms with Crippen LogP contribution in [-0.4, -0.2) is 61.5 Å². The second-order valence-electron chi connectivity index (χ2n) is 12.1. The Morgan fingerprint density at radius 2 is 1.67 bits per heavy atom. The van der Waals surface area contributed by atoms with Gasteiger partial charge in [-0.3, -0.25) is 4.79 Å². The number of halogens is 3. The van der Waals surface area contributed by atoms with Crippen LogP contribution in [0.4, 0.5) is 24.9 Å². The zero-order valence-electron chi connectivity index (χ0n) is 24.2. The Bertz CT molecular complexity index is 1450. The third-order valence-corrected chi connectivity index (χ3v) is 9.02. The van der Waals surface area contributed by atoms with Crippen LogP contribution in [-0.2, 0) is 11.0 Å². The van der Waals surface area contributed by atoms with E-state index in [-0.39, 0.29) is 24.0 Å². The fourth-order valence-electron chi connectivity index (χ4n) is 6.51. The van der Waals surface area contributed by atoms with E-state index in [1.807, 2.05) is 6.33 Å². The Balaban J connectivity index is 1.13. The summed E-state index contributed by atoms with van der Waals surface area (Å²) in [6.07, 6.45) is 10.3. The van der Waals surface area contributed by atoms with Crippen LogP contribution in [0.3, 0.4) is 0 Å². The number of rotatable bonds is 7. The third-order valence-electron chi connectivity index (χ3n) is 9.02. The molecule has 1 amide bonds. The Kier molecular flexibility index (Phi) is 8.56. The second-order valence-corrected chi connectivity index (χ2v) is 12.1. The molecule has 0 unspecified atom stereocenters. The van der Waals surface area contributed by atoms with Crippen molar-refractivity contribution in [3.05, 3.63) is 47.8 Å². The van der Waals surface area contributed by atoms with Gasteiger partial charge in [0, 0.05) is 43.3 Å². The van der Waals surface area contributed by atoms with E-state index < -0.39 is 11.7 Å². The SMILES string of the molecule is NC1CCC(Nc2nc(NC3CCN(C(=O)C=Cc4cccc(C(F)(F)F)c4)CC3)c3ncn(C4CCCC4)c3n2)CC1. The van der Waals surface area contributed by atoms with Crippen molar-refractivity contribution in [3.8, 4) is 0 Å². The number of hydrogen-bond acceptors (Lipinski definition) is 7. The zero-order chi connectivity index (χ0) is 30.0. The van der Waals surface area contributed by atoms with Crippen molar-refractivity contribution in [3.63, 3.8) is 0 Å². The molecule has 0 bridgehead atoms. The van der Waals surface area contributed by atoms with Gasteiger partial charge in [0.15, 0.2) is 17.0 Å². The van der Waals surface area contributed by atoms with Gasteiger partial charge in [-0.25, -0.2) is 4.98 Å². The molecule has 230 valence electrons. The van der Waals surface area contributed by atoms with Crippen molar-refractivity contribution in [1.29, 1.82) is 0 Å². The van der Waals surface area contributed by atoms with Gasteiger partial charge in [-0.2, -0.15) is 23.1 Å². The maximum Gasteiger partial charge on any atom is 0.416 e. The molecule has 1 aromatic carbocycles. The molecule has 3 heterocycles. The molecule has 2 saturated carbocycles. The van der Waals surface area contributed by atoms with E-state index in [2.05, 4.69) is 15.2 Å². The van der Waals surface area contributed by atoms with Crippen LogP contribution >= 0.6 is 0 Å². The number of nitrogens with two attached hydrogens (primary N) is 1. The predicted molar refractivity (Wildman–Crippen MR) is 160 cm³/mol. The van der Waals surface area contributed by atoms with Crippen molar-refractivity contribution in [1.82, 2.24) is 24.4 Å². The minimum absolute atomic E-state index is 0.0896. The molecule has 9 nitrogen and oxygen atoms in total. The van der Waals surface area contributed by atoms with Gasteiger partial charge in [-0.05, 0) is 75.1 Å². The molecule has 0 spiro atoms. The molecule has 0 radical (unpaired) electrons. The molecule has 1 saturated heterocycles. The highest BCUT2D eigenvalue weighted by atomic mass is 19.4. The van der Waals surface area contributed by atoms with E-state index in [4.69, 9.17) is 20.7 Å². The number of piperidine rings is 1. The first-order valence-corrected chi connectivity index (χ1v) is 15.4. The van der Waals surface area contributed by atoms with Crippen LogP contribution in [0.25, 0.3) is 17.2 Å². The summed E-state index contributed by atoms with van der Waals surface area (Å²) in [5, 5.41) is 7.16. The summed E-state index contributed by atoms with van der Waals surface area (Å²) in [5.41, 5.74) is 7.31. The highest BCUT2D eigenvalue weighted by molar-refractivity contribution is 5.92. The highest BCUT2D eigenvalue weighted by Crippen LogP contribution is 2.34. The average molecular weight is 597 g/mol. The lowest BCUT2D eigenvalue weighted by molar-refractivity contribution is -0.137. The number of carbonyl (C=O) groups is 1. The smallest absolute Gasteiger partial charge is 0.365 e. The molecule has 12 heteroatoms. The number of anilines is 2. The number of nitrogens with one attached hydrogen (secondary N) is 2. The van der Waals surface area contributed by atoms with E-state index >= 15 is 0 Å². The third kappa shape index (κ3) is 6.95. The standard InChI is InChI=1S/C31H39F3N8O/c32-31(33,34)21-5-3-4-20(18-21)8-13-26(43)41-16-14-24(15-17-41)37-28-27-29(42(19-36-27)25-6-1-2-7-25)40-30(39-28)38-23-11-9-22(35)10-12-23/h3-5,8,13,18-19,22-25H,1-2,6-7,9-12,14-17,35H2,(H2,37,38,39,40). The van der Waals surface area contributed by atoms with Crippen molar-refractivity contribution in [2.75, 3.05) is 23.7 Å². The summed E-state index contributed by atoms with van der Waals surface area (Å²) in [4.78, 5) is 29.1. The minimum atomic E-state index is -4.42. The highest BCUT2D eigenvalue weighted by Gasteiger charge is 2.30. The van der Waals surface area contributed by atoms with Gasteiger partial charge in [0.05, 0.1) is 11.9 Å². The minimum Gasteiger partial charge on any atom is -0.365 e. The van der Waals surface area contributed by atoms with Crippen molar-refractivity contribution < 1.29 is 18.0 Å². The van der Waals surface area contributed by atoms with Gasteiger partial charge in [0.1, 0.15) is 0 Å². The van der Waals surface area contributed by atoms with E-state index in [0.717, 1.165) is 61.8 Å². The zero-order valence-corrected chi connectivity index (χ0v) is 24.2. The van der Waals surface area contributed by atoms with Gasteiger partial charge < -0.3 is 25.8 Å². The average Bonchev–Trinajstić information content (AvgIpc) is 3.68. The Morgan fingerprint density at radius 1 is 0.953 bits per heavy atom. The van der Waals surface area contributed by atoms with Crippen LogP contribution < -0.4 is 16.4 Å². The number of benzene rings is 1. The molecular formula is C31H39F3N8O. The number of imidazole rings is 1. The summed E-state index contributed by atoms with van der Waals surface area (Å²) in [6.45, 7) is 1.06. The number of fused-ring (bicyclic) bond motifs is 1. The molecular weight excluding hydrogens is 557 g/mol. The first kappa shape index (κ1) is 29.4. The Morgan fingerprint density at radius 3 is 2.40 bits per heavy atom. The molecule has 6 rings (SSSR count).